The van der Waals surface area contributed by atoms with E-state index >= 15 is 0 Å². The molecule has 0 saturated carbocycles. The Hall–Kier alpha value is -1.64. The summed E-state index contributed by atoms with van der Waals surface area (Å²) in [5.74, 6) is 0. The summed E-state index contributed by atoms with van der Waals surface area (Å²) >= 11 is 0. The zero-order valence-electron chi connectivity index (χ0n) is 12.5. The van der Waals surface area contributed by atoms with Crippen LogP contribution in [0.1, 0.15) is 23.1 Å². The van der Waals surface area contributed by atoms with Gasteiger partial charge in [-0.15, -0.1) is 0 Å². The smallest absolute Gasteiger partial charge is 0.0240 e. The van der Waals surface area contributed by atoms with Crippen molar-refractivity contribution in [3.8, 4) is 0 Å². The first kappa shape index (κ1) is 14.3. The average Bonchev–Trinajstić information content (AvgIpc) is 2.56. The van der Waals surface area contributed by atoms with E-state index in [0.717, 1.165) is 38.9 Å². The van der Waals surface area contributed by atoms with Crippen LogP contribution in [0.3, 0.4) is 0 Å². The van der Waals surface area contributed by atoms with Crippen molar-refractivity contribution in [1.82, 2.24) is 4.90 Å². The van der Waals surface area contributed by atoms with Gasteiger partial charge in [0.1, 0.15) is 0 Å². The lowest BCUT2D eigenvalue weighted by Gasteiger charge is -2.35. The quantitative estimate of drug-likeness (QED) is 0.912. The molecule has 0 aromatic heterocycles. The second-order valence-corrected chi connectivity index (χ2v) is 5.90. The molecule has 2 aromatic rings. The van der Waals surface area contributed by atoms with Crippen LogP contribution in [-0.4, -0.2) is 24.0 Å². The van der Waals surface area contributed by atoms with Crippen molar-refractivity contribution in [3.63, 3.8) is 0 Å². The first-order valence-electron chi connectivity index (χ1n) is 7.91. The third-order valence-corrected chi connectivity index (χ3v) is 4.56. The maximum absolute atomic E-state index is 6.05. The van der Waals surface area contributed by atoms with E-state index in [4.69, 9.17) is 5.73 Å². The second-order valence-electron chi connectivity index (χ2n) is 5.90. The summed E-state index contributed by atoms with van der Waals surface area (Å²) in [7, 11) is 0. The summed E-state index contributed by atoms with van der Waals surface area (Å²) in [5.41, 5.74) is 10.4. The molecule has 1 unspecified atom stereocenters. The Morgan fingerprint density at radius 2 is 1.67 bits per heavy atom. The molecule has 0 bridgehead atoms. The van der Waals surface area contributed by atoms with E-state index in [0.29, 0.717) is 6.04 Å². The number of aryl methyl sites for hydroxylation is 1. The van der Waals surface area contributed by atoms with Gasteiger partial charge in [0.15, 0.2) is 0 Å². The van der Waals surface area contributed by atoms with Crippen molar-refractivity contribution in [3.05, 3.63) is 71.3 Å². The third kappa shape index (κ3) is 3.52. The molecule has 2 nitrogen and oxygen atoms in total. The van der Waals surface area contributed by atoms with Crippen LogP contribution in [0, 0.1) is 0 Å². The summed E-state index contributed by atoms with van der Waals surface area (Å²) in [5, 5.41) is 0. The number of nitrogens with zero attached hydrogens (tertiary/aromatic N) is 1. The molecule has 1 aliphatic heterocycles. The van der Waals surface area contributed by atoms with E-state index in [-0.39, 0.29) is 0 Å². The number of hydrogen-bond donors (Lipinski definition) is 1. The van der Waals surface area contributed by atoms with Crippen molar-refractivity contribution in [2.75, 3.05) is 13.1 Å². The Kier molecular flexibility index (Phi) is 4.69. The Balaban J connectivity index is 1.62. The molecule has 0 spiro atoms. The molecule has 0 fully saturated rings. The molecule has 110 valence electrons. The predicted octanol–water partition coefficient (Wildman–Crippen LogP) is 3.00. The lowest BCUT2D eigenvalue weighted by Crippen LogP contribution is -2.43. The van der Waals surface area contributed by atoms with E-state index < -0.39 is 0 Å². The van der Waals surface area contributed by atoms with E-state index in [1.165, 1.54) is 16.7 Å². The fourth-order valence-corrected chi connectivity index (χ4v) is 3.26. The van der Waals surface area contributed by atoms with Gasteiger partial charge >= 0.3 is 0 Å². The highest BCUT2D eigenvalue weighted by atomic mass is 15.2. The summed E-state index contributed by atoms with van der Waals surface area (Å²) in [6.45, 7) is 2.93. The first-order chi connectivity index (χ1) is 10.4. The minimum absolute atomic E-state index is 0.485. The molecule has 2 aromatic carbocycles. The van der Waals surface area contributed by atoms with Crippen LogP contribution in [0.4, 0.5) is 0 Å². The van der Waals surface area contributed by atoms with Gasteiger partial charge in [0.05, 0.1) is 0 Å². The van der Waals surface area contributed by atoms with E-state index in [1.807, 2.05) is 0 Å². The summed E-state index contributed by atoms with van der Waals surface area (Å²) in [6.07, 6.45) is 3.40. The Morgan fingerprint density at radius 1 is 0.952 bits per heavy atom. The summed E-state index contributed by atoms with van der Waals surface area (Å²) < 4.78 is 0. The minimum atomic E-state index is 0.485. The highest BCUT2D eigenvalue weighted by Gasteiger charge is 2.22. The number of fused-ring (bicyclic) bond motifs is 1. The number of benzene rings is 2. The fraction of sp³-hybridized carbons (Fsp3) is 0.368. The number of hydrogen-bond acceptors (Lipinski definition) is 2. The average molecular weight is 280 g/mol. The molecule has 0 radical (unpaired) electrons. The van der Waals surface area contributed by atoms with Crippen LogP contribution in [-0.2, 0) is 19.4 Å². The molecule has 0 aliphatic carbocycles. The molecular formula is C19H24N2. The van der Waals surface area contributed by atoms with Crippen molar-refractivity contribution < 1.29 is 0 Å². The van der Waals surface area contributed by atoms with Gasteiger partial charge in [-0.3, -0.25) is 4.90 Å². The predicted molar refractivity (Wildman–Crippen MR) is 88.2 cm³/mol. The molecule has 2 heteroatoms. The van der Waals surface area contributed by atoms with Crippen molar-refractivity contribution in [1.29, 1.82) is 0 Å². The number of nitrogens with two attached hydrogens (primary N) is 1. The Morgan fingerprint density at radius 3 is 2.43 bits per heavy atom. The van der Waals surface area contributed by atoms with Crippen LogP contribution in [0.25, 0.3) is 0 Å². The van der Waals surface area contributed by atoms with Gasteiger partial charge in [0.25, 0.3) is 0 Å². The van der Waals surface area contributed by atoms with E-state index in [1.54, 1.807) is 0 Å². The maximum atomic E-state index is 6.05. The monoisotopic (exact) mass is 280 g/mol. The molecule has 1 aliphatic rings. The SMILES string of the molecule is NCC(CCc1ccccc1)N1CCc2ccccc2C1. The third-order valence-electron chi connectivity index (χ3n) is 4.56. The maximum Gasteiger partial charge on any atom is 0.0240 e. The fourth-order valence-electron chi connectivity index (χ4n) is 3.26. The highest BCUT2D eigenvalue weighted by molar-refractivity contribution is 5.29. The lowest BCUT2D eigenvalue weighted by atomic mass is 9.96. The largest absolute Gasteiger partial charge is 0.329 e. The molecule has 1 atom stereocenters. The van der Waals surface area contributed by atoms with Crippen molar-refractivity contribution >= 4 is 0 Å². The van der Waals surface area contributed by atoms with Gasteiger partial charge in [-0.05, 0) is 36.0 Å². The second kappa shape index (κ2) is 6.88. The van der Waals surface area contributed by atoms with Gasteiger partial charge in [0, 0.05) is 25.7 Å². The number of rotatable bonds is 5. The van der Waals surface area contributed by atoms with E-state index in [2.05, 4.69) is 59.5 Å². The molecular weight excluding hydrogens is 256 g/mol. The van der Waals surface area contributed by atoms with Crippen LogP contribution >= 0.6 is 0 Å². The molecule has 3 rings (SSSR count). The van der Waals surface area contributed by atoms with E-state index in [9.17, 15) is 0 Å². The van der Waals surface area contributed by atoms with Crippen LogP contribution in [0.15, 0.2) is 54.6 Å². The van der Waals surface area contributed by atoms with Crippen LogP contribution in [0.5, 0.6) is 0 Å². The molecule has 0 amide bonds. The Labute approximate surface area is 127 Å². The van der Waals surface area contributed by atoms with Crippen LogP contribution < -0.4 is 5.73 Å². The van der Waals surface area contributed by atoms with Gasteiger partial charge in [-0.2, -0.15) is 0 Å². The van der Waals surface area contributed by atoms with Crippen molar-refractivity contribution in [2.45, 2.75) is 31.8 Å². The molecule has 0 saturated heterocycles. The Bertz CT molecular complexity index is 565. The lowest BCUT2D eigenvalue weighted by molar-refractivity contribution is 0.174. The topological polar surface area (TPSA) is 29.3 Å². The zero-order chi connectivity index (χ0) is 14.5. The van der Waals surface area contributed by atoms with Gasteiger partial charge in [0.2, 0.25) is 0 Å². The van der Waals surface area contributed by atoms with Crippen LogP contribution in [0.2, 0.25) is 0 Å². The highest BCUT2D eigenvalue weighted by Crippen LogP contribution is 2.21. The zero-order valence-corrected chi connectivity index (χ0v) is 12.5. The summed E-state index contributed by atoms with van der Waals surface area (Å²) in [4.78, 5) is 2.56. The molecule has 2 N–H and O–H groups in total. The van der Waals surface area contributed by atoms with Gasteiger partial charge in [-0.1, -0.05) is 54.6 Å². The van der Waals surface area contributed by atoms with Gasteiger partial charge < -0.3 is 5.73 Å². The standard InChI is InChI=1S/C19H24N2/c20-14-19(11-10-16-6-2-1-3-7-16)21-13-12-17-8-4-5-9-18(17)15-21/h1-9,19H,10-15,20H2. The summed E-state index contributed by atoms with van der Waals surface area (Å²) in [6, 6.07) is 20.0. The minimum Gasteiger partial charge on any atom is -0.329 e. The normalized spacial score (nSPS) is 16.4. The molecule has 21 heavy (non-hydrogen) atoms. The van der Waals surface area contributed by atoms with Gasteiger partial charge in [-0.25, -0.2) is 0 Å². The first-order valence-corrected chi connectivity index (χ1v) is 7.91. The molecule has 1 heterocycles. The van der Waals surface area contributed by atoms with Crippen molar-refractivity contribution in [2.24, 2.45) is 5.73 Å².